The van der Waals surface area contributed by atoms with Gasteiger partial charge >= 0.3 is 6.03 Å². The van der Waals surface area contributed by atoms with E-state index in [1.165, 1.54) is 30.9 Å². The van der Waals surface area contributed by atoms with Crippen molar-refractivity contribution in [2.75, 3.05) is 7.11 Å². The number of hydrogen-bond acceptors (Lipinski definition) is 4. The molecule has 142 valence electrons. The van der Waals surface area contributed by atoms with Crippen molar-refractivity contribution in [2.24, 2.45) is 17.4 Å². The standard InChI is InChI=1S/C18H26N4O4/c1-26-18(16(19)24)10-9-14(22(18)17(20)25)13(8-7-12-5-6-12)21-11-3-2-4-15(21)23/h2-4,11-14H,5-10H2,1H3,(H2,19,24)(H2,20,25). The molecule has 8 heteroatoms. The first-order valence-corrected chi connectivity index (χ1v) is 9.01. The van der Waals surface area contributed by atoms with Gasteiger partial charge < -0.3 is 20.8 Å². The minimum atomic E-state index is -1.56. The first-order chi connectivity index (χ1) is 12.4. The molecule has 3 atom stereocenters. The van der Waals surface area contributed by atoms with Gasteiger partial charge in [-0.15, -0.1) is 0 Å². The van der Waals surface area contributed by atoms with Crippen LogP contribution in [0, 0.1) is 5.92 Å². The topological polar surface area (TPSA) is 121 Å². The van der Waals surface area contributed by atoms with Crippen molar-refractivity contribution in [3.05, 3.63) is 34.7 Å². The highest BCUT2D eigenvalue weighted by molar-refractivity contribution is 5.89. The Balaban J connectivity index is 1.99. The van der Waals surface area contributed by atoms with Gasteiger partial charge in [-0.1, -0.05) is 18.9 Å². The molecule has 0 aromatic carbocycles. The third-order valence-corrected chi connectivity index (χ3v) is 5.68. The van der Waals surface area contributed by atoms with E-state index >= 15 is 0 Å². The van der Waals surface area contributed by atoms with Crippen molar-refractivity contribution in [1.29, 1.82) is 0 Å². The Kier molecular flexibility index (Phi) is 5.04. The van der Waals surface area contributed by atoms with Crippen LogP contribution in [0.15, 0.2) is 29.2 Å². The third-order valence-electron chi connectivity index (χ3n) is 5.68. The Labute approximate surface area is 152 Å². The van der Waals surface area contributed by atoms with Crippen LogP contribution in [0.4, 0.5) is 4.79 Å². The van der Waals surface area contributed by atoms with Gasteiger partial charge in [0.1, 0.15) is 0 Å². The van der Waals surface area contributed by atoms with Crippen LogP contribution >= 0.6 is 0 Å². The van der Waals surface area contributed by atoms with Gasteiger partial charge in [-0.2, -0.15) is 0 Å². The van der Waals surface area contributed by atoms with Gasteiger partial charge in [0, 0.05) is 25.8 Å². The van der Waals surface area contributed by atoms with E-state index in [1.54, 1.807) is 22.9 Å². The maximum atomic E-state index is 12.4. The SMILES string of the molecule is COC1(C(N)=O)CCC(C(CCC2CC2)n2ccccc2=O)N1C(N)=O. The van der Waals surface area contributed by atoms with Crippen LogP contribution in [-0.4, -0.2) is 40.3 Å². The summed E-state index contributed by atoms with van der Waals surface area (Å²) < 4.78 is 7.02. The van der Waals surface area contributed by atoms with E-state index in [0.717, 1.165) is 12.8 Å². The number of likely N-dealkylation sites (tertiary alicyclic amines) is 1. The fraction of sp³-hybridized carbons (Fsp3) is 0.611. The zero-order chi connectivity index (χ0) is 18.9. The molecule has 8 nitrogen and oxygen atoms in total. The number of rotatable bonds is 7. The number of pyridine rings is 1. The Bertz CT molecular complexity index is 745. The predicted octanol–water partition coefficient (Wildman–Crippen LogP) is 0.951. The van der Waals surface area contributed by atoms with Crippen LogP contribution in [0.3, 0.4) is 0 Å². The van der Waals surface area contributed by atoms with Gasteiger partial charge in [0.2, 0.25) is 5.72 Å². The highest BCUT2D eigenvalue weighted by Gasteiger charge is 2.55. The van der Waals surface area contributed by atoms with Crippen molar-refractivity contribution < 1.29 is 14.3 Å². The lowest BCUT2D eigenvalue weighted by molar-refractivity contribution is -0.157. The molecule has 0 radical (unpaired) electrons. The summed E-state index contributed by atoms with van der Waals surface area (Å²) in [4.78, 5) is 38.0. The number of aromatic nitrogens is 1. The summed E-state index contributed by atoms with van der Waals surface area (Å²) in [5.41, 5.74) is 9.45. The van der Waals surface area contributed by atoms with Gasteiger partial charge in [-0.3, -0.25) is 14.5 Å². The first-order valence-electron chi connectivity index (χ1n) is 9.01. The Hall–Kier alpha value is -2.35. The van der Waals surface area contributed by atoms with E-state index in [1.807, 2.05) is 0 Å². The molecule has 0 spiro atoms. The summed E-state index contributed by atoms with van der Waals surface area (Å²) in [6.45, 7) is 0. The third kappa shape index (κ3) is 3.21. The van der Waals surface area contributed by atoms with Gasteiger partial charge in [0.05, 0.1) is 12.1 Å². The summed E-state index contributed by atoms with van der Waals surface area (Å²) >= 11 is 0. The number of urea groups is 1. The van der Waals surface area contributed by atoms with Crippen LogP contribution in [0.1, 0.15) is 44.6 Å². The Morgan fingerprint density at radius 2 is 2.04 bits per heavy atom. The van der Waals surface area contributed by atoms with Crippen molar-refractivity contribution in [2.45, 2.75) is 56.3 Å². The predicted molar refractivity (Wildman–Crippen MR) is 95.1 cm³/mol. The number of carbonyl (C=O) groups excluding carboxylic acids is 2. The second-order valence-electron chi connectivity index (χ2n) is 7.20. The summed E-state index contributed by atoms with van der Waals surface area (Å²) in [5.74, 6) is -0.0775. The van der Waals surface area contributed by atoms with E-state index in [-0.39, 0.29) is 18.0 Å². The minimum absolute atomic E-state index is 0.147. The van der Waals surface area contributed by atoms with Crippen LogP contribution in [0.25, 0.3) is 0 Å². The van der Waals surface area contributed by atoms with Crippen LogP contribution in [0.5, 0.6) is 0 Å². The molecule has 2 heterocycles. The number of primary amides is 2. The number of methoxy groups -OCH3 is 1. The van der Waals surface area contributed by atoms with E-state index in [0.29, 0.717) is 12.3 Å². The molecular formula is C18H26N4O4. The summed E-state index contributed by atoms with van der Waals surface area (Å²) in [6, 6.07) is 3.47. The van der Waals surface area contributed by atoms with Crippen molar-refractivity contribution in [3.63, 3.8) is 0 Å². The number of nitrogens with two attached hydrogens (primary N) is 2. The molecule has 2 aliphatic rings. The number of nitrogens with zero attached hydrogens (tertiary/aromatic N) is 2. The molecule has 4 N–H and O–H groups in total. The molecular weight excluding hydrogens is 336 g/mol. The molecule has 1 aliphatic carbocycles. The lowest BCUT2D eigenvalue weighted by Crippen LogP contribution is -2.62. The van der Waals surface area contributed by atoms with Crippen LogP contribution in [0.2, 0.25) is 0 Å². The monoisotopic (exact) mass is 362 g/mol. The molecule has 1 aromatic heterocycles. The second-order valence-corrected chi connectivity index (χ2v) is 7.20. The van der Waals surface area contributed by atoms with Crippen LogP contribution < -0.4 is 17.0 Å². The maximum absolute atomic E-state index is 12.4. The molecule has 2 fully saturated rings. The Morgan fingerprint density at radius 1 is 1.31 bits per heavy atom. The molecule has 1 aromatic rings. The van der Waals surface area contributed by atoms with Gasteiger partial charge in [0.25, 0.3) is 11.5 Å². The molecule has 3 amide bonds. The molecule has 1 saturated heterocycles. The summed E-state index contributed by atoms with van der Waals surface area (Å²) in [6.07, 6.45) is 6.54. The zero-order valence-electron chi connectivity index (χ0n) is 15.0. The normalized spacial score (nSPS) is 26.7. The van der Waals surface area contributed by atoms with E-state index in [4.69, 9.17) is 16.2 Å². The van der Waals surface area contributed by atoms with E-state index in [9.17, 15) is 14.4 Å². The fourth-order valence-corrected chi connectivity index (χ4v) is 4.15. The largest absolute Gasteiger partial charge is 0.365 e. The fourth-order valence-electron chi connectivity index (χ4n) is 4.15. The molecule has 1 aliphatic heterocycles. The van der Waals surface area contributed by atoms with Gasteiger partial charge in [-0.25, -0.2) is 4.79 Å². The Morgan fingerprint density at radius 3 is 2.58 bits per heavy atom. The number of amides is 3. The molecule has 3 unspecified atom stereocenters. The average Bonchev–Trinajstić information content (AvgIpc) is 3.34. The van der Waals surface area contributed by atoms with Crippen molar-refractivity contribution in [1.82, 2.24) is 9.47 Å². The zero-order valence-corrected chi connectivity index (χ0v) is 15.0. The number of hydrogen-bond donors (Lipinski definition) is 2. The lowest BCUT2D eigenvalue weighted by atomic mass is 9.98. The second kappa shape index (κ2) is 7.11. The van der Waals surface area contributed by atoms with E-state index < -0.39 is 23.7 Å². The lowest BCUT2D eigenvalue weighted by Gasteiger charge is -2.39. The van der Waals surface area contributed by atoms with Gasteiger partial charge in [-0.05, 0) is 31.2 Å². The maximum Gasteiger partial charge on any atom is 0.317 e. The molecule has 1 saturated carbocycles. The average molecular weight is 362 g/mol. The highest BCUT2D eigenvalue weighted by Crippen LogP contribution is 2.42. The smallest absolute Gasteiger partial charge is 0.317 e. The minimum Gasteiger partial charge on any atom is -0.365 e. The molecule has 26 heavy (non-hydrogen) atoms. The van der Waals surface area contributed by atoms with E-state index in [2.05, 4.69) is 0 Å². The number of ether oxygens (including phenoxy) is 1. The number of carbonyl (C=O) groups is 2. The first kappa shape index (κ1) is 18.4. The summed E-state index contributed by atoms with van der Waals surface area (Å²) in [7, 11) is 1.34. The summed E-state index contributed by atoms with van der Waals surface area (Å²) in [5, 5.41) is 0. The van der Waals surface area contributed by atoms with Crippen LogP contribution in [-0.2, 0) is 9.53 Å². The van der Waals surface area contributed by atoms with Crippen molar-refractivity contribution in [3.8, 4) is 0 Å². The molecule has 0 bridgehead atoms. The molecule has 3 rings (SSSR count). The quantitative estimate of drug-likeness (QED) is 0.750. The van der Waals surface area contributed by atoms with Gasteiger partial charge in [0.15, 0.2) is 0 Å². The van der Waals surface area contributed by atoms with Crippen molar-refractivity contribution >= 4 is 11.9 Å². The highest BCUT2D eigenvalue weighted by atomic mass is 16.5.